The number of nitrogens with one attached hydrogen (secondary N) is 4. The van der Waals surface area contributed by atoms with Crippen LogP contribution >= 0.6 is 25.3 Å². The minimum Gasteiger partial charge on any atom is -0.392 e. The van der Waals surface area contributed by atoms with Crippen molar-refractivity contribution in [2.24, 2.45) is 0 Å². The van der Waals surface area contributed by atoms with Crippen molar-refractivity contribution >= 4 is 42.9 Å². The molecule has 0 rings (SSSR count). The summed E-state index contributed by atoms with van der Waals surface area (Å²) < 4.78 is 0. The molecule has 2 amide bonds. The van der Waals surface area contributed by atoms with E-state index in [0.29, 0.717) is 0 Å². The lowest BCUT2D eigenvalue weighted by atomic mass is 10.2. The Morgan fingerprint density at radius 2 is 1.78 bits per heavy atom. The quantitative estimate of drug-likeness (QED) is 0.167. The number of thiol groups is 2. The maximum Gasteiger partial charge on any atom is 0.243 e. The number of Topliss-reactive ketones (excluding diaryl/α,β-unsaturated/α-hetero) is 1. The molecule has 4 atom stereocenters. The van der Waals surface area contributed by atoms with E-state index < -0.39 is 24.2 Å². The van der Waals surface area contributed by atoms with Gasteiger partial charge in [-0.05, 0) is 6.92 Å². The van der Waals surface area contributed by atoms with Crippen LogP contribution in [0.15, 0.2) is 0 Å². The first-order chi connectivity index (χ1) is 10.7. The third kappa shape index (κ3) is 9.16. The van der Waals surface area contributed by atoms with Crippen LogP contribution in [0, 0.1) is 0 Å². The van der Waals surface area contributed by atoms with Crippen LogP contribution in [0.5, 0.6) is 0 Å². The van der Waals surface area contributed by atoms with Gasteiger partial charge in [0.05, 0.1) is 18.4 Å². The van der Waals surface area contributed by atoms with Gasteiger partial charge >= 0.3 is 0 Å². The van der Waals surface area contributed by atoms with Crippen molar-refractivity contribution in [3.05, 3.63) is 0 Å². The molecule has 0 heterocycles. The Morgan fingerprint density at radius 1 is 1.17 bits per heavy atom. The number of hydrogen-bond donors (Lipinski definition) is 7. The fourth-order valence-electron chi connectivity index (χ4n) is 1.66. The van der Waals surface area contributed by atoms with Crippen molar-refractivity contribution < 1.29 is 19.5 Å². The molecule has 0 bridgehead atoms. The average molecular weight is 367 g/mol. The molecule has 5 N–H and O–H groups in total. The zero-order valence-electron chi connectivity index (χ0n) is 13.5. The zero-order chi connectivity index (χ0) is 18.0. The lowest BCUT2D eigenvalue weighted by molar-refractivity contribution is -0.128. The topological polar surface area (TPSA) is 120 Å². The van der Waals surface area contributed by atoms with E-state index in [0.717, 1.165) is 0 Å². The van der Waals surface area contributed by atoms with E-state index in [-0.39, 0.29) is 35.8 Å². The molecule has 23 heavy (non-hydrogen) atoms. The number of amides is 2. The fraction of sp³-hybridized carbons (Fsp3) is 0.769. The van der Waals surface area contributed by atoms with Crippen molar-refractivity contribution in [2.75, 3.05) is 25.9 Å². The summed E-state index contributed by atoms with van der Waals surface area (Å²) in [5, 5.41) is 19.4. The predicted octanol–water partition coefficient (Wildman–Crippen LogP) is -2.08. The van der Waals surface area contributed by atoms with Crippen molar-refractivity contribution in [3.8, 4) is 0 Å². The predicted molar refractivity (Wildman–Crippen MR) is 94.8 cm³/mol. The molecule has 0 fully saturated rings. The Labute approximate surface area is 147 Å². The summed E-state index contributed by atoms with van der Waals surface area (Å²) in [7, 11) is 1.47. The Bertz CT molecular complexity index is 407. The lowest BCUT2D eigenvalue weighted by Gasteiger charge is -2.22. The van der Waals surface area contributed by atoms with Crippen LogP contribution in [0.4, 0.5) is 0 Å². The van der Waals surface area contributed by atoms with E-state index in [1.54, 1.807) is 13.8 Å². The summed E-state index contributed by atoms with van der Waals surface area (Å²) in [5.41, 5.74) is 0. The summed E-state index contributed by atoms with van der Waals surface area (Å²) in [4.78, 5) is 35.3. The highest BCUT2D eigenvalue weighted by Crippen LogP contribution is 2.01. The number of likely N-dealkylation sites (N-methyl/N-ethyl adjacent to an activating group) is 1. The molecule has 0 aromatic heterocycles. The maximum absolute atomic E-state index is 11.9. The Kier molecular flexibility index (Phi) is 11.3. The van der Waals surface area contributed by atoms with Gasteiger partial charge in [0, 0.05) is 18.8 Å². The Morgan fingerprint density at radius 3 is 2.22 bits per heavy atom. The van der Waals surface area contributed by atoms with Crippen LogP contribution in [0.1, 0.15) is 13.8 Å². The lowest BCUT2D eigenvalue weighted by Crippen LogP contribution is -2.56. The second-order valence-corrected chi connectivity index (χ2v) is 6.23. The summed E-state index contributed by atoms with van der Waals surface area (Å²) in [6.45, 7) is 3.27. The second-order valence-electron chi connectivity index (χ2n) is 5.10. The van der Waals surface area contributed by atoms with Gasteiger partial charge in [-0.15, -0.1) is 0 Å². The van der Waals surface area contributed by atoms with Crippen LogP contribution in [0.25, 0.3) is 0 Å². The molecule has 4 unspecified atom stereocenters. The third-order valence-electron chi connectivity index (χ3n) is 2.89. The smallest absolute Gasteiger partial charge is 0.243 e. The summed E-state index contributed by atoms with van der Waals surface area (Å²) >= 11 is 8.08. The highest BCUT2D eigenvalue weighted by atomic mass is 32.1. The highest BCUT2D eigenvalue weighted by Gasteiger charge is 2.24. The summed E-state index contributed by atoms with van der Waals surface area (Å²) in [5.74, 6) is -1.07. The van der Waals surface area contributed by atoms with Crippen molar-refractivity contribution in [2.45, 2.75) is 37.4 Å². The van der Waals surface area contributed by atoms with E-state index >= 15 is 0 Å². The first-order valence-electron chi connectivity index (χ1n) is 7.20. The van der Waals surface area contributed by atoms with Gasteiger partial charge in [0.2, 0.25) is 11.8 Å². The van der Waals surface area contributed by atoms with Crippen LogP contribution in [-0.4, -0.2) is 72.2 Å². The molecule has 0 aromatic rings. The number of hydrogen-bond acceptors (Lipinski definition) is 8. The number of aliphatic hydroxyl groups excluding tert-OH is 1. The van der Waals surface area contributed by atoms with E-state index in [9.17, 15) is 19.5 Å². The van der Waals surface area contributed by atoms with E-state index in [2.05, 4.69) is 46.5 Å². The molecular weight excluding hydrogens is 340 g/mol. The number of ketones is 1. The molecule has 0 aromatic carbocycles. The van der Waals surface area contributed by atoms with Crippen molar-refractivity contribution in [3.63, 3.8) is 0 Å². The molecule has 0 aliphatic heterocycles. The number of carbonyl (C=O) groups excluding carboxylic acids is 3. The summed E-state index contributed by atoms with van der Waals surface area (Å²) in [6.07, 6.45) is -1.44. The van der Waals surface area contributed by atoms with Gasteiger partial charge in [-0.1, -0.05) is 6.92 Å². The molecule has 0 saturated carbocycles. The molecule has 0 radical (unpaired) electrons. The SMILES string of the molecule is CNC(=O)C(NC(=O)CNC(NCC(C)O)C(=O)CS)C(C)S. The van der Waals surface area contributed by atoms with E-state index in [1.165, 1.54) is 7.05 Å². The third-order valence-corrected chi connectivity index (χ3v) is 3.50. The van der Waals surface area contributed by atoms with E-state index in [4.69, 9.17) is 0 Å². The maximum atomic E-state index is 11.9. The molecule has 8 nitrogen and oxygen atoms in total. The van der Waals surface area contributed by atoms with Gasteiger partial charge in [-0.25, -0.2) is 0 Å². The van der Waals surface area contributed by atoms with Crippen LogP contribution in [0.2, 0.25) is 0 Å². The number of aliphatic hydroxyl groups is 1. The number of rotatable bonds is 11. The van der Waals surface area contributed by atoms with Gasteiger partial charge in [-0.2, -0.15) is 25.3 Å². The van der Waals surface area contributed by atoms with Crippen LogP contribution < -0.4 is 21.3 Å². The molecule has 10 heteroatoms. The molecular formula is C13H26N4O4S2. The summed E-state index contributed by atoms with van der Waals surface area (Å²) in [6, 6.07) is -0.776. The Hall–Kier alpha value is -0.810. The fourth-order valence-corrected chi connectivity index (χ4v) is 2.05. The first-order valence-corrected chi connectivity index (χ1v) is 8.35. The van der Waals surface area contributed by atoms with Gasteiger partial charge in [-0.3, -0.25) is 25.0 Å². The standard InChI is InChI=1S/C13H26N4O4S2/c1-7(18)4-15-12(9(19)6-22)16-5-10(20)17-11(8(2)23)13(21)14-3/h7-8,11-12,15-16,18,22-23H,4-6H2,1-3H3,(H,14,21)(H,17,20). The largest absolute Gasteiger partial charge is 0.392 e. The average Bonchev–Trinajstić information content (AvgIpc) is 2.50. The molecule has 0 saturated heterocycles. The zero-order valence-corrected chi connectivity index (χ0v) is 15.3. The first kappa shape index (κ1) is 22.2. The molecule has 0 aliphatic carbocycles. The molecule has 134 valence electrons. The van der Waals surface area contributed by atoms with Gasteiger partial charge in [0.15, 0.2) is 5.78 Å². The van der Waals surface area contributed by atoms with E-state index in [1.807, 2.05) is 0 Å². The van der Waals surface area contributed by atoms with Crippen LogP contribution in [0.3, 0.4) is 0 Å². The molecule has 0 aliphatic rings. The monoisotopic (exact) mass is 366 g/mol. The second kappa shape index (κ2) is 11.7. The highest BCUT2D eigenvalue weighted by molar-refractivity contribution is 7.81. The van der Waals surface area contributed by atoms with Crippen LogP contribution in [-0.2, 0) is 14.4 Å². The normalized spacial score (nSPS) is 16.1. The molecule has 0 spiro atoms. The van der Waals surface area contributed by atoms with Gasteiger partial charge in [0.25, 0.3) is 0 Å². The van der Waals surface area contributed by atoms with Crippen molar-refractivity contribution in [1.82, 2.24) is 21.3 Å². The van der Waals surface area contributed by atoms with Gasteiger partial charge < -0.3 is 15.7 Å². The Balaban J connectivity index is 4.55. The van der Waals surface area contributed by atoms with Crippen molar-refractivity contribution in [1.29, 1.82) is 0 Å². The van der Waals surface area contributed by atoms with Gasteiger partial charge in [0.1, 0.15) is 12.2 Å². The minimum absolute atomic E-state index is 0.0133. The number of carbonyl (C=O) groups is 3. The minimum atomic E-state index is -0.806.